The van der Waals surface area contributed by atoms with Crippen LogP contribution in [0.15, 0.2) is 48.6 Å². The summed E-state index contributed by atoms with van der Waals surface area (Å²) in [5.74, 6) is -0.208. The molecule has 0 radical (unpaired) electrons. The van der Waals surface area contributed by atoms with E-state index in [4.69, 9.17) is 9.05 Å². The van der Waals surface area contributed by atoms with Gasteiger partial charge in [0, 0.05) is 6.42 Å². The Kier molecular flexibility index (Phi) is 50.2. The van der Waals surface area contributed by atoms with Crippen LogP contribution in [-0.4, -0.2) is 68.5 Å². The van der Waals surface area contributed by atoms with Gasteiger partial charge in [-0.05, 0) is 70.6 Å². The van der Waals surface area contributed by atoms with Crippen molar-refractivity contribution in [3.63, 3.8) is 0 Å². The largest absolute Gasteiger partial charge is 0.756 e. The zero-order valence-corrected chi connectivity index (χ0v) is 47.2. The number of rotatable bonds is 54. The van der Waals surface area contributed by atoms with Crippen molar-refractivity contribution in [1.29, 1.82) is 0 Å². The highest BCUT2D eigenvalue weighted by Crippen LogP contribution is 2.38. The number of phosphoric ester groups is 1. The van der Waals surface area contributed by atoms with Gasteiger partial charge in [0.15, 0.2) is 0 Å². The lowest BCUT2D eigenvalue weighted by atomic mass is 10.0. The summed E-state index contributed by atoms with van der Waals surface area (Å²) in [6, 6.07) is -0.909. The quantitative estimate of drug-likeness (QED) is 0.0272. The lowest BCUT2D eigenvalue weighted by Gasteiger charge is -2.29. The Bertz CT molecular complexity index is 1260. The molecule has 0 spiro atoms. The summed E-state index contributed by atoms with van der Waals surface area (Å²) in [4.78, 5) is 25.5. The summed E-state index contributed by atoms with van der Waals surface area (Å²) in [6.45, 7) is 4.63. The van der Waals surface area contributed by atoms with Gasteiger partial charge in [0.1, 0.15) is 13.2 Å². The number of nitrogens with zero attached hydrogens (tertiary/aromatic N) is 1. The first-order chi connectivity index (χ1) is 33.5. The van der Waals surface area contributed by atoms with Crippen LogP contribution < -0.4 is 10.2 Å². The van der Waals surface area contributed by atoms with Crippen LogP contribution in [0, 0.1) is 0 Å². The van der Waals surface area contributed by atoms with Crippen LogP contribution in [0.2, 0.25) is 0 Å². The van der Waals surface area contributed by atoms with E-state index in [1.54, 1.807) is 6.08 Å². The molecule has 0 bridgehead atoms. The van der Waals surface area contributed by atoms with Crippen molar-refractivity contribution in [1.82, 2.24) is 5.32 Å². The molecule has 0 aromatic heterocycles. The van der Waals surface area contributed by atoms with Crippen molar-refractivity contribution in [2.24, 2.45) is 0 Å². The SMILES string of the molecule is CCCCCCCC/C=C/CC/C=C/CC/C=C/C(O)C(COP(=O)([O-])OCC[N+](C)(C)C)NC(=O)CCCCCCCCCCCCCCCCCCCCC/C=C\CCCCCCCCCC. The third-order valence-electron chi connectivity index (χ3n) is 13.2. The molecule has 9 heteroatoms. The van der Waals surface area contributed by atoms with E-state index in [-0.39, 0.29) is 12.5 Å². The standard InChI is InChI=1S/C60H115N2O6P/c1-6-8-10-12-14-16-18-20-22-24-25-26-27-28-29-30-31-32-33-34-35-36-37-38-40-42-44-46-48-50-52-54-60(64)61-58(57-68-69(65,66)67-56-55-62(3,4)5)59(63)53-51-49-47-45-43-41-39-23-21-19-17-15-13-11-9-7-2/h21,23-25,43,45,51,53,58-59,63H,6-20,22,26-42,44,46-50,52,54-57H2,1-5H3,(H-,61,64,65,66)/b23-21+,25-24-,45-43+,53-51+. The van der Waals surface area contributed by atoms with Crippen molar-refractivity contribution >= 4 is 13.7 Å². The number of allylic oxidation sites excluding steroid dienone is 7. The fraction of sp³-hybridized carbons (Fsp3) is 0.850. The first-order valence-corrected chi connectivity index (χ1v) is 31.0. The molecule has 0 aromatic rings. The maximum absolute atomic E-state index is 13.0. The summed E-state index contributed by atoms with van der Waals surface area (Å²) >= 11 is 0. The second-order valence-electron chi connectivity index (χ2n) is 21.3. The van der Waals surface area contributed by atoms with Gasteiger partial charge in [-0.25, -0.2) is 0 Å². The van der Waals surface area contributed by atoms with Gasteiger partial charge in [0.05, 0.1) is 39.9 Å². The third-order valence-corrected chi connectivity index (χ3v) is 14.2. The van der Waals surface area contributed by atoms with Crippen molar-refractivity contribution in [3.05, 3.63) is 48.6 Å². The van der Waals surface area contributed by atoms with Crippen molar-refractivity contribution in [3.8, 4) is 0 Å². The molecule has 0 aliphatic carbocycles. The van der Waals surface area contributed by atoms with Gasteiger partial charge < -0.3 is 28.8 Å². The smallest absolute Gasteiger partial charge is 0.268 e. The number of aliphatic hydroxyl groups is 1. The predicted octanol–water partition coefficient (Wildman–Crippen LogP) is 17.3. The number of phosphoric acid groups is 1. The van der Waals surface area contributed by atoms with Crippen LogP contribution in [0.5, 0.6) is 0 Å². The van der Waals surface area contributed by atoms with Gasteiger partial charge in [-0.1, -0.05) is 249 Å². The Morgan fingerprint density at radius 2 is 0.812 bits per heavy atom. The molecule has 0 aliphatic heterocycles. The topological polar surface area (TPSA) is 108 Å². The molecule has 0 aliphatic rings. The molecular formula is C60H115N2O6P. The molecule has 0 rings (SSSR count). The van der Waals surface area contributed by atoms with Crippen LogP contribution in [0.1, 0.15) is 277 Å². The summed E-state index contributed by atoms with van der Waals surface area (Å²) in [5.41, 5.74) is 0. The van der Waals surface area contributed by atoms with Gasteiger partial charge in [0.25, 0.3) is 7.82 Å². The first-order valence-electron chi connectivity index (χ1n) is 29.5. The maximum atomic E-state index is 13.0. The number of carbonyl (C=O) groups excluding carboxylic acids is 1. The fourth-order valence-corrected chi connectivity index (χ4v) is 9.32. The molecule has 0 aromatic carbocycles. The summed E-state index contributed by atoms with van der Waals surface area (Å²) < 4.78 is 23.3. The van der Waals surface area contributed by atoms with Crippen LogP contribution >= 0.6 is 7.82 Å². The highest BCUT2D eigenvalue weighted by molar-refractivity contribution is 7.45. The molecular weight excluding hydrogens is 876 g/mol. The minimum Gasteiger partial charge on any atom is -0.756 e. The van der Waals surface area contributed by atoms with E-state index < -0.39 is 26.6 Å². The number of likely N-dealkylation sites (N-methyl/N-ethyl adjacent to an activating group) is 1. The van der Waals surface area contributed by atoms with Crippen LogP contribution in [-0.2, 0) is 18.4 Å². The molecule has 406 valence electrons. The number of amides is 1. The van der Waals surface area contributed by atoms with Crippen molar-refractivity contribution in [2.75, 3.05) is 40.9 Å². The van der Waals surface area contributed by atoms with E-state index in [1.165, 1.54) is 212 Å². The zero-order valence-electron chi connectivity index (χ0n) is 46.3. The minimum atomic E-state index is -4.61. The number of carbonyl (C=O) groups is 1. The Hall–Kier alpha value is -1.54. The number of nitrogens with one attached hydrogen (secondary N) is 1. The fourth-order valence-electron chi connectivity index (χ4n) is 8.59. The lowest BCUT2D eigenvalue weighted by Crippen LogP contribution is -2.45. The molecule has 0 saturated carbocycles. The molecule has 69 heavy (non-hydrogen) atoms. The molecule has 0 fully saturated rings. The van der Waals surface area contributed by atoms with E-state index in [1.807, 2.05) is 27.2 Å². The molecule has 2 N–H and O–H groups in total. The second-order valence-corrected chi connectivity index (χ2v) is 22.7. The van der Waals surface area contributed by atoms with E-state index in [9.17, 15) is 19.4 Å². The van der Waals surface area contributed by atoms with Crippen LogP contribution in [0.3, 0.4) is 0 Å². The molecule has 0 saturated heterocycles. The van der Waals surface area contributed by atoms with Gasteiger partial charge in [-0.2, -0.15) is 0 Å². The van der Waals surface area contributed by atoms with E-state index in [2.05, 4.69) is 55.6 Å². The summed E-state index contributed by atoms with van der Waals surface area (Å²) in [5, 5.41) is 13.8. The summed E-state index contributed by atoms with van der Waals surface area (Å²) in [7, 11) is 1.24. The Morgan fingerprint density at radius 3 is 1.17 bits per heavy atom. The van der Waals surface area contributed by atoms with Gasteiger partial charge in [-0.3, -0.25) is 9.36 Å². The number of aliphatic hydroxyl groups excluding tert-OH is 1. The Morgan fingerprint density at radius 1 is 0.493 bits per heavy atom. The highest BCUT2D eigenvalue weighted by atomic mass is 31.2. The zero-order chi connectivity index (χ0) is 50.6. The van der Waals surface area contributed by atoms with Crippen LogP contribution in [0.4, 0.5) is 0 Å². The van der Waals surface area contributed by atoms with Crippen molar-refractivity contribution < 1.29 is 32.9 Å². The third kappa shape index (κ3) is 54.1. The molecule has 1 amide bonds. The van der Waals surface area contributed by atoms with E-state index in [0.717, 1.165) is 44.9 Å². The van der Waals surface area contributed by atoms with Crippen molar-refractivity contribution in [2.45, 2.75) is 289 Å². The Labute approximate surface area is 429 Å². The highest BCUT2D eigenvalue weighted by Gasteiger charge is 2.23. The summed E-state index contributed by atoms with van der Waals surface area (Å²) in [6.07, 6.45) is 67.8. The maximum Gasteiger partial charge on any atom is 0.268 e. The normalized spacial score (nSPS) is 14.2. The van der Waals surface area contributed by atoms with Gasteiger partial charge in [0.2, 0.25) is 5.91 Å². The first kappa shape index (κ1) is 67.5. The number of hydrogen-bond donors (Lipinski definition) is 2. The van der Waals surface area contributed by atoms with Gasteiger partial charge in [-0.15, -0.1) is 0 Å². The van der Waals surface area contributed by atoms with E-state index >= 15 is 0 Å². The monoisotopic (exact) mass is 991 g/mol. The minimum absolute atomic E-state index is 0.00856. The lowest BCUT2D eigenvalue weighted by molar-refractivity contribution is -0.870. The number of unbranched alkanes of at least 4 members (excludes halogenated alkanes) is 35. The van der Waals surface area contributed by atoms with Crippen LogP contribution in [0.25, 0.3) is 0 Å². The Balaban J connectivity index is 4.10. The average Bonchev–Trinajstić information content (AvgIpc) is 3.31. The predicted molar refractivity (Wildman–Crippen MR) is 298 cm³/mol. The molecule has 0 heterocycles. The average molecular weight is 992 g/mol. The molecule has 3 atom stereocenters. The molecule has 8 nitrogen and oxygen atoms in total. The number of hydrogen-bond acceptors (Lipinski definition) is 6. The van der Waals surface area contributed by atoms with E-state index in [0.29, 0.717) is 17.4 Å². The number of quaternary nitrogens is 1. The second kappa shape index (κ2) is 51.4. The molecule has 3 unspecified atom stereocenters. The van der Waals surface area contributed by atoms with Gasteiger partial charge >= 0.3 is 0 Å².